The summed E-state index contributed by atoms with van der Waals surface area (Å²) in [6.07, 6.45) is 1.56. The predicted octanol–water partition coefficient (Wildman–Crippen LogP) is -2.02. The van der Waals surface area contributed by atoms with Crippen LogP contribution in [0.1, 0.15) is 26.7 Å². The van der Waals surface area contributed by atoms with E-state index < -0.39 is 11.4 Å². The minimum atomic E-state index is -1.16. The van der Waals surface area contributed by atoms with Gasteiger partial charge in [0.2, 0.25) is 5.91 Å². The zero-order valence-corrected chi connectivity index (χ0v) is 16.4. The van der Waals surface area contributed by atoms with Crippen LogP contribution in [0.4, 0.5) is 5.69 Å². The van der Waals surface area contributed by atoms with E-state index in [0.29, 0.717) is 11.5 Å². The van der Waals surface area contributed by atoms with Crippen LogP contribution < -0.4 is 40.0 Å². The van der Waals surface area contributed by atoms with E-state index in [-0.39, 0.29) is 48.3 Å². The maximum absolute atomic E-state index is 12.0. The molecule has 1 amide bonds. The van der Waals surface area contributed by atoms with Crippen molar-refractivity contribution in [3.05, 3.63) is 30.6 Å². The van der Waals surface area contributed by atoms with Crippen molar-refractivity contribution in [3.63, 3.8) is 0 Å². The van der Waals surface area contributed by atoms with Gasteiger partial charge in [0.1, 0.15) is 6.33 Å². The topological polar surface area (TPSA) is 99.9 Å². The second-order valence-electron chi connectivity index (χ2n) is 6.26. The smallest absolute Gasteiger partial charge is 0.550 e. The molecule has 0 aliphatic carbocycles. The van der Waals surface area contributed by atoms with Gasteiger partial charge in [0, 0.05) is 30.7 Å². The number of nitrogens with zero attached hydrogens (tertiary/aromatic N) is 3. The summed E-state index contributed by atoms with van der Waals surface area (Å²) in [6.45, 7) is 3.44. The molecule has 0 aliphatic heterocycles. The molecule has 1 heterocycles. The van der Waals surface area contributed by atoms with Crippen molar-refractivity contribution in [1.82, 2.24) is 14.8 Å². The molecule has 8 heteroatoms. The Morgan fingerprint density at radius 1 is 1.21 bits per heavy atom. The van der Waals surface area contributed by atoms with Gasteiger partial charge in [-0.25, -0.2) is 4.98 Å². The van der Waals surface area contributed by atoms with Gasteiger partial charge in [0.05, 0.1) is 0 Å². The van der Waals surface area contributed by atoms with Crippen molar-refractivity contribution < 1.29 is 44.3 Å². The Morgan fingerprint density at radius 3 is 2.33 bits per heavy atom. The number of benzene rings is 1. The molecule has 0 spiro atoms. The van der Waals surface area contributed by atoms with Crippen molar-refractivity contribution >= 4 is 17.6 Å². The number of carbonyl (C=O) groups excluding carboxylic acids is 2. The molecule has 0 unspecified atom stereocenters. The fourth-order valence-corrected chi connectivity index (χ4v) is 2.27. The summed E-state index contributed by atoms with van der Waals surface area (Å²) in [5.74, 6) is -0.782. The molecule has 1 aromatic heterocycles. The molecule has 0 aliphatic rings. The third kappa shape index (κ3) is 6.07. The van der Waals surface area contributed by atoms with Crippen LogP contribution in [0.5, 0.6) is 0 Å². The molecule has 7 nitrogen and oxygen atoms in total. The van der Waals surface area contributed by atoms with Crippen LogP contribution >= 0.6 is 0 Å². The summed E-state index contributed by atoms with van der Waals surface area (Å²) in [4.78, 5) is 26.8. The Balaban J connectivity index is 0.00000288. The summed E-state index contributed by atoms with van der Waals surface area (Å²) < 4.78 is 1.62. The van der Waals surface area contributed by atoms with E-state index in [1.54, 1.807) is 44.0 Å². The van der Waals surface area contributed by atoms with Crippen LogP contribution in [0.2, 0.25) is 0 Å². The molecule has 0 fully saturated rings. The minimum Gasteiger partial charge on any atom is -0.550 e. The van der Waals surface area contributed by atoms with E-state index >= 15 is 0 Å². The van der Waals surface area contributed by atoms with E-state index in [4.69, 9.17) is 0 Å². The first-order valence-electron chi connectivity index (χ1n) is 7.21. The minimum absolute atomic E-state index is 0. The van der Waals surface area contributed by atoms with Gasteiger partial charge >= 0.3 is 29.6 Å². The number of aromatic nitrogens is 3. The number of nitrogens with one attached hydrogen (secondary N) is 1. The van der Waals surface area contributed by atoms with Crippen LogP contribution in [0, 0.1) is 5.41 Å². The Labute approximate surface area is 162 Å². The number of carboxylic acids is 1. The molecule has 24 heavy (non-hydrogen) atoms. The van der Waals surface area contributed by atoms with Crippen LogP contribution in [-0.4, -0.2) is 26.6 Å². The molecule has 122 valence electrons. The Bertz CT molecular complexity index is 710. The van der Waals surface area contributed by atoms with E-state index in [2.05, 4.69) is 15.4 Å². The third-order valence-electron chi connectivity index (χ3n) is 3.29. The first kappa shape index (κ1) is 20.3. The summed E-state index contributed by atoms with van der Waals surface area (Å²) in [5.41, 5.74) is 0.834. The van der Waals surface area contributed by atoms with Crippen molar-refractivity contribution in [2.45, 2.75) is 26.7 Å². The molecule has 0 bridgehead atoms. The molecule has 1 aromatic carbocycles. The Morgan fingerprint density at radius 2 is 1.83 bits per heavy atom. The van der Waals surface area contributed by atoms with Crippen LogP contribution in [-0.2, 0) is 16.6 Å². The van der Waals surface area contributed by atoms with E-state index in [1.807, 2.05) is 12.1 Å². The van der Waals surface area contributed by atoms with Gasteiger partial charge in [0.25, 0.3) is 0 Å². The second-order valence-corrected chi connectivity index (χ2v) is 6.26. The largest absolute Gasteiger partial charge is 1.00 e. The molecule has 2 aromatic rings. The first-order chi connectivity index (χ1) is 10.7. The molecular formula is C16H19N4NaO3. The van der Waals surface area contributed by atoms with Crippen molar-refractivity contribution in [3.8, 4) is 11.4 Å². The number of carboxylic acid groups (broad SMARTS) is 1. The summed E-state index contributed by atoms with van der Waals surface area (Å²) >= 11 is 0. The van der Waals surface area contributed by atoms with Crippen molar-refractivity contribution in [2.75, 3.05) is 5.32 Å². The van der Waals surface area contributed by atoms with Gasteiger partial charge in [-0.3, -0.25) is 9.48 Å². The average Bonchev–Trinajstić information content (AvgIpc) is 2.83. The monoisotopic (exact) mass is 338 g/mol. The molecule has 1 N–H and O–H groups in total. The maximum atomic E-state index is 12.0. The van der Waals surface area contributed by atoms with Gasteiger partial charge in [-0.2, -0.15) is 5.10 Å². The van der Waals surface area contributed by atoms with Gasteiger partial charge in [-0.05, 0) is 36.1 Å². The number of aryl methyl sites for hydroxylation is 1. The zero-order valence-electron chi connectivity index (χ0n) is 14.4. The van der Waals surface area contributed by atoms with E-state index in [9.17, 15) is 14.7 Å². The molecular weight excluding hydrogens is 319 g/mol. The third-order valence-corrected chi connectivity index (χ3v) is 3.29. The molecule has 0 saturated carbocycles. The zero-order chi connectivity index (χ0) is 17.0. The standard InChI is InChI=1S/C16H20N4O3.Na/c1-16(2,9-14(22)23)8-13(21)18-12-6-4-11(5-7-12)15-17-10-20(3)19-15;/h4-7,10H,8-9H2,1-3H3,(H,18,21)(H,22,23);/q;+1/p-1. The van der Waals surface area contributed by atoms with E-state index in [1.165, 1.54) is 0 Å². The quantitative estimate of drug-likeness (QED) is 0.613. The molecule has 0 atom stereocenters. The first-order valence-corrected chi connectivity index (χ1v) is 7.21. The number of anilines is 1. The summed E-state index contributed by atoms with van der Waals surface area (Å²) in [6, 6.07) is 7.15. The van der Waals surface area contributed by atoms with Gasteiger partial charge in [0.15, 0.2) is 5.82 Å². The van der Waals surface area contributed by atoms with Crippen LogP contribution in [0.3, 0.4) is 0 Å². The fraction of sp³-hybridized carbons (Fsp3) is 0.375. The maximum Gasteiger partial charge on any atom is 1.00 e. The van der Waals surface area contributed by atoms with Gasteiger partial charge < -0.3 is 15.2 Å². The van der Waals surface area contributed by atoms with Crippen LogP contribution in [0.15, 0.2) is 30.6 Å². The Hall–Kier alpha value is -1.70. The SMILES string of the molecule is Cn1cnc(-c2ccc(NC(=O)CC(C)(C)CC(=O)[O-])cc2)n1.[Na+]. The molecule has 0 saturated heterocycles. The van der Waals surface area contributed by atoms with Crippen LogP contribution in [0.25, 0.3) is 11.4 Å². The van der Waals surface area contributed by atoms with Crippen molar-refractivity contribution in [2.24, 2.45) is 12.5 Å². The summed E-state index contributed by atoms with van der Waals surface area (Å²) in [7, 11) is 1.79. The Kier molecular flexibility index (Phi) is 7.13. The number of hydrogen-bond acceptors (Lipinski definition) is 5. The van der Waals surface area contributed by atoms with Gasteiger partial charge in [-0.1, -0.05) is 13.8 Å². The summed E-state index contributed by atoms with van der Waals surface area (Å²) in [5, 5.41) is 17.6. The number of carbonyl (C=O) groups is 2. The predicted molar refractivity (Wildman–Crippen MR) is 83.1 cm³/mol. The number of aliphatic carboxylic acids is 1. The number of rotatable bonds is 6. The molecule has 2 rings (SSSR count). The second kappa shape index (κ2) is 8.41. The fourth-order valence-electron chi connectivity index (χ4n) is 2.27. The molecule has 0 radical (unpaired) electrons. The van der Waals surface area contributed by atoms with E-state index in [0.717, 1.165) is 5.56 Å². The number of hydrogen-bond donors (Lipinski definition) is 1. The van der Waals surface area contributed by atoms with Gasteiger partial charge in [-0.15, -0.1) is 0 Å². The normalized spacial score (nSPS) is 10.8. The average molecular weight is 338 g/mol. The number of amides is 1. The van der Waals surface area contributed by atoms with Crippen molar-refractivity contribution in [1.29, 1.82) is 0 Å².